The molecule has 1 rings (SSSR count). The molecule has 308 valence electrons. The molecule has 1 N–H and O–H groups in total. The summed E-state index contributed by atoms with van der Waals surface area (Å²) in [7, 11) is 0. The highest BCUT2D eigenvalue weighted by atomic mass is 16.5. The standard InChI is InChI=1S/C46H89NO5/c1-4-7-10-13-16-24-31-42-51-44(49)34-27-20-17-22-29-38-47(40-41-48)39-30-23-21-28-35-46(36-37-46)45(50)52-43(32-25-18-14-11-8-5-2)33-26-19-15-12-9-6-3/h43,48H,4-42H2,1-3H3. The van der Waals surface area contributed by atoms with Crippen molar-refractivity contribution in [3.63, 3.8) is 0 Å². The Kier molecular flexibility index (Phi) is 33.4. The Morgan fingerprint density at radius 3 is 1.50 bits per heavy atom. The van der Waals surface area contributed by atoms with E-state index in [2.05, 4.69) is 25.7 Å². The maximum atomic E-state index is 13.4. The molecule has 0 radical (unpaired) electrons. The van der Waals surface area contributed by atoms with Gasteiger partial charge in [-0.05, 0) is 83.7 Å². The summed E-state index contributed by atoms with van der Waals surface area (Å²) >= 11 is 0. The van der Waals surface area contributed by atoms with Gasteiger partial charge in [0.1, 0.15) is 6.10 Å². The van der Waals surface area contributed by atoms with Crippen LogP contribution in [0.5, 0.6) is 0 Å². The summed E-state index contributed by atoms with van der Waals surface area (Å²) in [5, 5.41) is 9.60. The van der Waals surface area contributed by atoms with Crippen molar-refractivity contribution >= 4 is 11.9 Å². The van der Waals surface area contributed by atoms with Gasteiger partial charge in [0.15, 0.2) is 0 Å². The van der Waals surface area contributed by atoms with E-state index in [4.69, 9.17) is 9.47 Å². The summed E-state index contributed by atoms with van der Waals surface area (Å²) in [6.07, 6.45) is 40.0. The Balaban J connectivity index is 2.18. The Morgan fingerprint density at radius 2 is 1.00 bits per heavy atom. The SMILES string of the molecule is CCCCCCCCCOC(=O)CCCCCCCN(CCO)CCCCCCC1(C(=O)OC(CCCCCCCC)CCCCCCCC)CC1. The van der Waals surface area contributed by atoms with E-state index in [0.717, 1.165) is 96.7 Å². The molecule has 0 aromatic heterocycles. The average molecular weight is 736 g/mol. The molecule has 1 fully saturated rings. The van der Waals surface area contributed by atoms with Gasteiger partial charge in [0.05, 0.1) is 18.6 Å². The number of carbonyl (C=O) groups is 2. The Bertz CT molecular complexity index is 784. The first-order valence-corrected chi connectivity index (χ1v) is 23.2. The number of rotatable bonds is 41. The van der Waals surface area contributed by atoms with Gasteiger partial charge in [0.25, 0.3) is 0 Å². The topological polar surface area (TPSA) is 76.1 Å². The van der Waals surface area contributed by atoms with Gasteiger partial charge in [-0.2, -0.15) is 0 Å². The quantitative estimate of drug-likeness (QED) is 0.0498. The van der Waals surface area contributed by atoms with Crippen LogP contribution in [0.4, 0.5) is 0 Å². The van der Waals surface area contributed by atoms with Crippen molar-refractivity contribution in [2.45, 2.75) is 245 Å². The number of nitrogens with zero attached hydrogens (tertiary/aromatic N) is 1. The van der Waals surface area contributed by atoms with Gasteiger partial charge in [-0.1, -0.05) is 162 Å². The second kappa shape index (κ2) is 35.6. The summed E-state index contributed by atoms with van der Waals surface area (Å²) in [5.74, 6) is 0.0842. The first-order valence-electron chi connectivity index (χ1n) is 23.2. The van der Waals surface area contributed by atoms with Crippen LogP contribution < -0.4 is 0 Å². The Labute approximate surface area is 323 Å². The third-order valence-corrected chi connectivity index (χ3v) is 11.5. The second-order valence-electron chi connectivity index (χ2n) is 16.5. The normalized spacial score (nSPS) is 13.7. The van der Waals surface area contributed by atoms with Crippen molar-refractivity contribution in [2.24, 2.45) is 5.41 Å². The molecule has 0 amide bonds. The van der Waals surface area contributed by atoms with E-state index in [1.54, 1.807) is 0 Å². The molecule has 0 spiro atoms. The fraction of sp³-hybridized carbons (Fsp3) is 0.957. The predicted molar refractivity (Wildman–Crippen MR) is 221 cm³/mol. The molecule has 0 saturated heterocycles. The third kappa shape index (κ3) is 28.3. The van der Waals surface area contributed by atoms with Crippen LogP contribution in [-0.2, 0) is 19.1 Å². The first-order chi connectivity index (χ1) is 25.5. The van der Waals surface area contributed by atoms with Gasteiger partial charge < -0.3 is 19.5 Å². The van der Waals surface area contributed by atoms with Crippen LogP contribution in [0, 0.1) is 5.41 Å². The lowest BCUT2D eigenvalue weighted by Gasteiger charge is -2.22. The van der Waals surface area contributed by atoms with E-state index in [9.17, 15) is 14.7 Å². The molecule has 1 saturated carbocycles. The molecule has 0 unspecified atom stereocenters. The number of ether oxygens (including phenoxy) is 2. The lowest BCUT2D eigenvalue weighted by Crippen LogP contribution is -2.29. The lowest BCUT2D eigenvalue weighted by atomic mass is 9.97. The number of carbonyl (C=O) groups excluding carboxylic acids is 2. The summed E-state index contributed by atoms with van der Waals surface area (Å²) in [4.78, 5) is 27.8. The van der Waals surface area contributed by atoms with E-state index in [0.29, 0.717) is 13.0 Å². The van der Waals surface area contributed by atoms with Crippen molar-refractivity contribution < 1.29 is 24.2 Å². The smallest absolute Gasteiger partial charge is 0.312 e. The fourth-order valence-corrected chi connectivity index (χ4v) is 7.63. The molecule has 6 heteroatoms. The number of aliphatic hydroxyl groups is 1. The van der Waals surface area contributed by atoms with E-state index in [1.165, 1.54) is 135 Å². The summed E-state index contributed by atoms with van der Waals surface area (Å²) < 4.78 is 11.7. The van der Waals surface area contributed by atoms with E-state index in [-0.39, 0.29) is 30.1 Å². The maximum absolute atomic E-state index is 13.4. The van der Waals surface area contributed by atoms with Gasteiger partial charge in [-0.3, -0.25) is 9.59 Å². The summed E-state index contributed by atoms with van der Waals surface area (Å²) in [6, 6.07) is 0. The van der Waals surface area contributed by atoms with Gasteiger partial charge in [-0.15, -0.1) is 0 Å². The lowest BCUT2D eigenvalue weighted by molar-refractivity contribution is -0.157. The van der Waals surface area contributed by atoms with Gasteiger partial charge >= 0.3 is 11.9 Å². The zero-order valence-corrected chi connectivity index (χ0v) is 35.2. The zero-order chi connectivity index (χ0) is 37.8. The predicted octanol–water partition coefficient (Wildman–Crippen LogP) is 13.1. The maximum Gasteiger partial charge on any atom is 0.312 e. The molecule has 0 aliphatic heterocycles. The van der Waals surface area contributed by atoms with Crippen LogP contribution in [0.3, 0.4) is 0 Å². The minimum absolute atomic E-state index is 0.0291. The highest BCUT2D eigenvalue weighted by molar-refractivity contribution is 5.80. The molecule has 0 aromatic carbocycles. The van der Waals surface area contributed by atoms with Crippen molar-refractivity contribution in [1.82, 2.24) is 4.90 Å². The molecular formula is C46H89NO5. The third-order valence-electron chi connectivity index (χ3n) is 11.5. The molecule has 0 atom stereocenters. The van der Waals surface area contributed by atoms with Crippen molar-refractivity contribution in [1.29, 1.82) is 0 Å². The number of unbranched alkanes of at least 4 members (excludes halogenated alkanes) is 23. The van der Waals surface area contributed by atoms with Crippen LogP contribution in [-0.4, -0.2) is 60.9 Å². The average Bonchev–Trinajstić information content (AvgIpc) is 3.94. The van der Waals surface area contributed by atoms with Crippen LogP contribution in [0.15, 0.2) is 0 Å². The Morgan fingerprint density at radius 1 is 0.558 bits per heavy atom. The minimum atomic E-state index is -0.184. The number of esters is 2. The Hall–Kier alpha value is -1.14. The van der Waals surface area contributed by atoms with Crippen molar-refractivity contribution in [3.05, 3.63) is 0 Å². The van der Waals surface area contributed by atoms with Gasteiger partial charge in [0.2, 0.25) is 0 Å². The van der Waals surface area contributed by atoms with Crippen LogP contribution in [0.1, 0.15) is 239 Å². The monoisotopic (exact) mass is 736 g/mol. The molecule has 52 heavy (non-hydrogen) atoms. The van der Waals surface area contributed by atoms with Gasteiger partial charge in [0, 0.05) is 13.0 Å². The second-order valence-corrected chi connectivity index (χ2v) is 16.5. The molecule has 1 aliphatic rings. The number of aliphatic hydroxyl groups excluding tert-OH is 1. The summed E-state index contributed by atoms with van der Waals surface area (Å²) in [6.45, 7) is 10.4. The molecule has 0 heterocycles. The van der Waals surface area contributed by atoms with Crippen LogP contribution in [0.2, 0.25) is 0 Å². The molecule has 6 nitrogen and oxygen atoms in total. The molecule has 1 aliphatic carbocycles. The van der Waals surface area contributed by atoms with Crippen LogP contribution >= 0.6 is 0 Å². The highest BCUT2D eigenvalue weighted by Gasteiger charge is 2.51. The zero-order valence-electron chi connectivity index (χ0n) is 35.2. The van der Waals surface area contributed by atoms with Crippen LogP contribution in [0.25, 0.3) is 0 Å². The largest absolute Gasteiger partial charge is 0.466 e. The first kappa shape index (κ1) is 48.9. The van der Waals surface area contributed by atoms with Gasteiger partial charge in [-0.25, -0.2) is 0 Å². The van der Waals surface area contributed by atoms with Crippen molar-refractivity contribution in [2.75, 3.05) is 32.8 Å². The highest BCUT2D eigenvalue weighted by Crippen LogP contribution is 2.51. The minimum Gasteiger partial charge on any atom is -0.466 e. The number of hydrogen-bond donors (Lipinski definition) is 1. The molecular weight excluding hydrogens is 647 g/mol. The van der Waals surface area contributed by atoms with E-state index >= 15 is 0 Å². The molecule has 0 aromatic rings. The van der Waals surface area contributed by atoms with E-state index in [1.807, 2.05) is 0 Å². The van der Waals surface area contributed by atoms with Crippen molar-refractivity contribution in [3.8, 4) is 0 Å². The fourth-order valence-electron chi connectivity index (χ4n) is 7.63. The molecule has 0 bridgehead atoms. The summed E-state index contributed by atoms with van der Waals surface area (Å²) in [5.41, 5.74) is -0.184. The van der Waals surface area contributed by atoms with E-state index < -0.39 is 0 Å². The number of hydrogen-bond acceptors (Lipinski definition) is 6.